The van der Waals surface area contributed by atoms with Crippen LogP contribution >= 0.6 is 11.6 Å². The molecule has 3 rings (SSSR count). The van der Waals surface area contributed by atoms with E-state index in [0.717, 1.165) is 23.4 Å². The third kappa shape index (κ3) is 3.03. The van der Waals surface area contributed by atoms with E-state index in [-0.39, 0.29) is 12.5 Å². The van der Waals surface area contributed by atoms with E-state index in [1.54, 1.807) is 29.2 Å². The highest BCUT2D eigenvalue weighted by molar-refractivity contribution is 6.30. The van der Waals surface area contributed by atoms with Crippen molar-refractivity contribution < 1.29 is 14.1 Å². The van der Waals surface area contributed by atoms with Crippen molar-refractivity contribution in [2.24, 2.45) is 0 Å². The van der Waals surface area contributed by atoms with Crippen LogP contribution in [-0.2, 0) is 17.8 Å². The highest BCUT2D eigenvalue weighted by Gasteiger charge is 2.25. The SMILES string of the molecule is Cc1noc2c1CCN(C(=O)COc1ccc(Cl)cc1)C2. The van der Waals surface area contributed by atoms with Gasteiger partial charge >= 0.3 is 0 Å². The fourth-order valence-corrected chi connectivity index (χ4v) is 2.49. The lowest BCUT2D eigenvalue weighted by atomic mass is 10.1. The number of nitrogens with zero attached hydrogens (tertiary/aromatic N) is 2. The average Bonchev–Trinajstić information content (AvgIpc) is 2.87. The number of rotatable bonds is 3. The molecule has 0 saturated heterocycles. The Labute approximate surface area is 127 Å². The third-order valence-electron chi connectivity index (χ3n) is 3.56. The molecule has 2 aromatic rings. The van der Waals surface area contributed by atoms with Gasteiger partial charge in [0.25, 0.3) is 5.91 Å². The number of amides is 1. The summed E-state index contributed by atoms with van der Waals surface area (Å²) in [4.78, 5) is 13.9. The maximum Gasteiger partial charge on any atom is 0.260 e. The van der Waals surface area contributed by atoms with E-state index in [2.05, 4.69) is 5.16 Å². The summed E-state index contributed by atoms with van der Waals surface area (Å²) < 4.78 is 10.7. The quantitative estimate of drug-likeness (QED) is 0.874. The maximum atomic E-state index is 12.2. The second-order valence-corrected chi connectivity index (χ2v) is 5.41. The van der Waals surface area contributed by atoms with Crippen molar-refractivity contribution >= 4 is 17.5 Å². The minimum Gasteiger partial charge on any atom is -0.484 e. The molecule has 0 atom stereocenters. The van der Waals surface area contributed by atoms with Gasteiger partial charge in [-0.15, -0.1) is 0 Å². The van der Waals surface area contributed by atoms with E-state index >= 15 is 0 Å². The number of hydrogen-bond acceptors (Lipinski definition) is 4. The topological polar surface area (TPSA) is 55.6 Å². The Morgan fingerprint density at radius 1 is 1.43 bits per heavy atom. The standard InChI is InChI=1S/C15H15ClN2O3/c1-10-13-6-7-18(8-14(13)21-17-10)15(19)9-20-12-4-2-11(16)3-5-12/h2-5H,6-9H2,1H3. The molecule has 1 amide bonds. The molecular formula is C15H15ClN2O3. The molecule has 0 aliphatic carbocycles. The predicted octanol–water partition coefficient (Wildman–Crippen LogP) is 2.60. The first-order valence-electron chi connectivity index (χ1n) is 6.73. The van der Waals surface area contributed by atoms with Crippen molar-refractivity contribution in [3.63, 3.8) is 0 Å². The van der Waals surface area contributed by atoms with Gasteiger partial charge in [-0.3, -0.25) is 4.79 Å². The molecule has 110 valence electrons. The first-order valence-corrected chi connectivity index (χ1v) is 7.11. The Hall–Kier alpha value is -2.01. The van der Waals surface area contributed by atoms with Gasteiger partial charge in [0.05, 0.1) is 12.2 Å². The van der Waals surface area contributed by atoms with E-state index in [9.17, 15) is 4.79 Å². The van der Waals surface area contributed by atoms with Gasteiger partial charge in [0.15, 0.2) is 12.4 Å². The van der Waals surface area contributed by atoms with Crippen molar-refractivity contribution in [3.05, 3.63) is 46.3 Å². The van der Waals surface area contributed by atoms with Crippen LogP contribution in [0.25, 0.3) is 0 Å². The van der Waals surface area contributed by atoms with E-state index in [1.165, 1.54) is 0 Å². The molecule has 0 spiro atoms. The summed E-state index contributed by atoms with van der Waals surface area (Å²) in [5, 5.41) is 4.57. The lowest BCUT2D eigenvalue weighted by molar-refractivity contribution is -0.134. The molecular weight excluding hydrogens is 292 g/mol. The summed E-state index contributed by atoms with van der Waals surface area (Å²) in [6.07, 6.45) is 0.775. The van der Waals surface area contributed by atoms with Gasteiger partial charge < -0.3 is 14.2 Å². The molecule has 1 aromatic heterocycles. The zero-order chi connectivity index (χ0) is 14.8. The average molecular weight is 307 g/mol. The third-order valence-corrected chi connectivity index (χ3v) is 3.81. The van der Waals surface area contributed by atoms with Crippen molar-refractivity contribution in [3.8, 4) is 5.75 Å². The molecule has 1 aliphatic heterocycles. The summed E-state index contributed by atoms with van der Waals surface area (Å²) in [6.45, 7) is 3.05. The predicted molar refractivity (Wildman–Crippen MR) is 77.3 cm³/mol. The van der Waals surface area contributed by atoms with Crippen molar-refractivity contribution in [2.45, 2.75) is 19.9 Å². The van der Waals surface area contributed by atoms with Crippen LogP contribution in [-0.4, -0.2) is 29.1 Å². The number of carbonyl (C=O) groups excluding carboxylic acids is 1. The van der Waals surface area contributed by atoms with Crippen molar-refractivity contribution in [1.29, 1.82) is 0 Å². The molecule has 0 saturated carbocycles. The summed E-state index contributed by atoms with van der Waals surface area (Å²) in [5.41, 5.74) is 2.03. The van der Waals surface area contributed by atoms with Gasteiger partial charge in [0.2, 0.25) is 0 Å². The number of carbonyl (C=O) groups is 1. The second kappa shape index (κ2) is 5.77. The van der Waals surface area contributed by atoms with Gasteiger partial charge in [-0.2, -0.15) is 0 Å². The number of ether oxygens (including phenoxy) is 1. The highest BCUT2D eigenvalue weighted by atomic mass is 35.5. The van der Waals surface area contributed by atoms with Crippen LogP contribution in [0.15, 0.2) is 28.8 Å². The molecule has 1 aliphatic rings. The number of halogens is 1. The number of hydrogen-bond donors (Lipinski definition) is 0. The monoisotopic (exact) mass is 306 g/mol. The molecule has 2 heterocycles. The first-order chi connectivity index (χ1) is 10.1. The van der Waals surface area contributed by atoms with Crippen LogP contribution in [0.5, 0.6) is 5.75 Å². The number of aryl methyl sites for hydroxylation is 1. The molecule has 0 unspecified atom stereocenters. The minimum atomic E-state index is -0.0651. The van der Waals surface area contributed by atoms with E-state index < -0.39 is 0 Å². The van der Waals surface area contributed by atoms with Crippen LogP contribution in [0.3, 0.4) is 0 Å². The lowest BCUT2D eigenvalue weighted by Gasteiger charge is -2.25. The van der Waals surface area contributed by atoms with Crippen LogP contribution in [0, 0.1) is 6.92 Å². The van der Waals surface area contributed by atoms with Crippen LogP contribution in [0.1, 0.15) is 17.0 Å². The Morgan fingerprint density at radius 2 is 2.19 bits per heavy atom. The lowest BCUT2D eigenvalue weighted by Crippen LogP contribution is -2.38. The Kier molecular flexibility index (Phi) is 3.84. The van der Waals surface area contributed by atoms with Gasteiger partial charge in [-0.05, 0) is 37.6 Å². The molecule has 0 bridgehead atoms. The smallest absolute Gasteiger partial charge is 0.260 e. The molecule has 0 fully saturated rings. The molecule has 21 heavy (non-hydrogen) atoms. The fourth-order valence-electron chi connectivity index (χ4n) is 2.36. The Morgan fingerprint density at radius 3 is 2.95 bits per heavy atom. The summed E-state index contributed by atoms with van der Waals surface area (Å²) in [7, 11) is 0. The molecule has 0 N–H and O–H groups in total. The maximum absolute atomic E-state index is 12.2. The van der Waals surface area contributed by atoms with E-state index in [0.29, 0.717) is 23.9 Å². The summed E-state index contributed by atoms with van der Waals surface area (Å²) in [6, 6.07) is 6.94. The van der Waals surface area contributed by atoms with Crippen LogP contribution in [0.4, 0.5) is 0 Å². The molecule has 0 radical (unpaired) electrons. The van der Waals surface area contributed by atoms with Crippen molar-refractivity contribution in [1.82, 2.24) is 10.1 Å². The normalized spacial score (nSPS) is 13.9. The fraction of sp³-hybridized carbons (Fsp3) is 0.333. The number of fused-ring (bicyclic) bond motifs is 1. The zero-order valence-corrected chi connectivity index (χ0v) is 12.4. The highest BCUT2D eigenvalue weighted by Crippen LogP contribution is 2.22. The zero-order valence-electron chi connectivity index (χ0n) is 11.6. The molecule has 5 nitrogen and oxygen atoms in total. The van der Waals surface area contributed by atoms with Gasteiger partial charge in [0, 0.05) is 17.1 Å². The first kappa shape index (κ1) is 13.9. The van der Waals surface area contributed by atoms with E-state index in [4.69, 9.17) is 20.9 Å². The van der Waals surface area contributed by atoms with Gasteiger partial charge in [-0.1, -0.05) is 16.8 Å². The largest absolute Gasteiger partial charge is 0.484 e. The summed E-state index contributed by atoms with van der Waals surface area (Å²) in [5.74, 6) is 1.34. The summed E-state index contributed by atoms with van der Waals surface area (Å²) >= 11 is 5.80. The van der Waals surface area contributed by atoms with Gasteiger partial charge in [-0.25, -0.2) is 0 Å². The molecule has 6 heteroatoms. The Bertz CT molecular complexity index is 651. The molecule has 1 aromatic carbocycles. The Balaban J connectivity index is 1.58. The number of benzene rings is 1. The van der Waals surface area contributed by atoms with Crippen LogP contribution < -0.4 is 4.74 Å². The van der Waals surface area contributed by atoms with Gasteiger partial charge in [0.1, 0.15) is 5.75 Å². The minimum absolute atomic E-state index is 0.00405. The second-order valence-electron chi connectivity index (χ2n) is 4.98. The van der Waals surface area contributed by atoms with E-state index in [1.807, 2.05) is 6.92 Å². The van der Waals surface area contributed by atoms with Crippen LogP contribution in [0.2, 0.25) is 5.02 Å². The number of aromatic nitrogens is 1. The van der Waals surface area contributed by atoms with Crippen molar-refractivity contribution in [2.75, 3.05) is 13.2 Å².